The highest BCUT2D eigenvalue weighted by Crippen LogP contribution is 2.47. The number of hydrogen-bond acceptors (Lipinski definition) is 9. The Morgan fingerprint density at radius 1 is 0.968 bits per heavy atom. The number of methoxy groups -OCH3 is 1. The summed E-state index contributed by atoms with van der Waals surface area (Å²) in [5, 5.41) is 61.9. The van der Waals surface area contributed by atoms with Crippen LogP contribution in [0.3, 0.4) is 0 Å². The smallest absolute Gasteiger partial charge is 0.201 e. The number of phenolic OH excluding ortho intramolecular Hbond substituents is 2. The van der Waals surface area contributed by atoms with Crippen LogP contribution in [0.1, 0.15) is 38.5 Å². The van der Waals surface area contributed by atoms with Crippen molar-refractivity contribution in [3.05, 3.63) is 58.1 Å². The lowest BCUT2D eigenvalue weighted by atomic mass is 9.71. The van der Waals surface area contributed by atoms with Crippen molar-refractivity contribution in [2.75, 3.05) is 13.7 Å². The van der Waals surface area contributed by atoms with Gasteiger partial charge in [-0.1, -0.05) is 18.2 Å². The van der Waals surface area contributed by atoms with Gasteiger partial charge in [0.25, 0.3) is 0 Å². The molecule has 1 aliphatic carbocycles. The Balaban J connectivity index is 1.95. The number of benzene rings is 2. The molecule has 166 valence electrons. The van der Waals surface area contributed by atoms with Crippen LogP contribution in [0.15, 0.2) is 30.3 Å². The van der Waals surface area contributed by atoms with Crippen LogP contribution in [-0.4, -0.2) is 80.7 Å². The van der Waals surface area contributed by atoms with Crippen molar-refractivity contribution in [3.63, 3.8) is 0 Å². The van der Waals surface area contributed by atoms with Crippen LogP contribution in [0.5, 0.6) is 11.5 Å². The van der Waals surface area contributed by atoms with Crippen molar-refractivity contribution in [2.24, 2.45) is 0 Å². The molecular weight excluding hydrogens is 408 g/mol. The third kappa shape index (κ3) is 3.39. The van der Waals surface area contributed by atoms with E-state index in [2.05, 4.69) is 0 Å². The molecule has 0 radical (unpaired) electrons. The summed E-state index contributed by atoms with van der Waals surface area (Å²) >= 11 is 0. The molecule has 31 heavy (non-hydrogen) atoms. The van der Waals surface area contributed by atoms with E-state index in [0.29, 0.717) is 16.7 Å². The number of rotatable bonds is 4. The summed E-state index contributed by atoms with van der Waals surface area (Å²) in [4.78, 5) is 13.2. The van der Waals surface area contributed by atoms with Gasteiger partial charge in [-0.15, -0.1) is 0 Å². The van der Waals surface area contributed by atoms with E-state index in [-0.39, 0.29) is 29.2 Å². The Kier molecular flexibility index (Phi) is 5.73. The zero-order valence-corrected chi connectivity index (χ0v) is 16.7. The Labute approximate surface area is 177 Å². The van der Waals surface area contributed by atoms with Crippen molar-refractivity contribution >= 4 is 5.78 Å². The molecule has 1 fully saturated rings. The molecule has 9 heteroatoms. The Morgan fingerprint density at radius 2 is 1.68 bits per heavy atom. The second kappa shape index (κ2) is 8.19. The van der Waals surface area contributed by atoms with Gasteiger partial charge >= 0.3 is 0 Å². The molecule has 9 nitrogen and oxygen atoms in total. The van der Waals surface area contributed by atoms with E-state index in [1.165, 1.54) is 25.3 Å². The van der Waals surface area contributed by atoms with E-state index in [0.717, 1.165) is 0 Å². The zero-order valence-electron chi connectivity index (χ0n) is 16.7. The van der Waals surface area contributed by atoms with E-state index < -0.39 is 48.8 Å². The first-order chi connectivity index (χ1) is 14.8. The molecule has 2 aromatic rings. The van der Waals surface area contributed by atoms with E-state index in [1.54, 1.807) is 12.1 Å². The molecule has 0 aromatic heterocycles. The number of fused-ring (bicyclic) bond motifs is 2. The highest BCUT2D eigenvalue weighted by Gasteiger charge is 2.50. The SMILES string of the molecule is COCc1cc(O)c2c(c1)C(C1OC(CO)C(O)C(O)C1O)c1cccc(O)c1C2=O. The number of ether oxygens (including phenoxy) is 2. The molecule has 0 spiro atoms. The molecule has 2 aliphatic rings. The normalized spacial score (nSPS) is 30.0. The maximum atomic E-state index is 13.2. The van der Waals surface area contributed by atoms with Gasteiger partial charge in [-0.2, -0.15) is 0 Å². The van der Waals surface area contributed by atoms with Gasteiger partial charge in [0.15, 0.2) is 0 Å². The minimum atomic E-state index is -1.62. The molecule has 1 aliphatic heterocycles. The van der Waals surface area contributed by atoms with Gasteiger partial charge in [-0.25, -0.2) is 0 Å². The van der Waals surface area contributed by atoms with Crippen LogP contribution in [0, 0.1) is 0 Å². The number of ketones is 1. The molecule has 0 bridgehead atoms. The minimum Gasteiger partial charge on any atom is -0.507 e. The first-order valence-electron chi connectivity index (χ1n) is 9.82. The molecule has 2 aromatic carbocycles. The molecule has 6 atom stereocenters. The molecule has 1 saturated heterocycles. The Bertz CT molecular complexity index is 1000. The molecule has 6 N–H and O–H groups in total. The van der Waals surface area contributed by atoms with E-state index in [1.807, 2.05) is 0 Å². The number of phenols is 2. The summed E-state index contributed by atoms with van der Waals surface area (Å²) < 4.78 is 10.9. The van der Waals surface area contributed by atoms with Crippen LogP contribution >= 0.6 is 0 Å². The second-order valence-corrected chi connectivity index (χ2v) is 7.85. The summed E-state index contributed by atoms with van der Waals surface area (Å²) in [6.07, 6.45) is -7.08. The van der Waals surface area contributed by atoms with Gasteiger partial charge in [0, 0.05) is 13.0 Å². The monoisotopic (exact) mass is 432 g/mol. The topological polar surface area (TPSA) is 157 Å². The van der Waals surface area contributed by atoms with E-state index in [9.17, 15) is 35.4 Å². The molecule has 0 amide bonds. The van der Waals surface area contributed by atoms with Crippen LogP contribution in [0.2, 0.25) is 0 Å². The number of hydrogen-bond donors (Lipinski definition) is 6. The Morgan fingerprint density at radius 3 is 2.35 bits per heavy atom. The first-order valence-corrected chi connectivity index (χ1v) is 9.82. The van der Waals surface area contributed by atoms with Gasteiger partial charge in [-0.3, -0.25) is 4.79 Å². The molecule has 4 rings (SSSR count). The zero-order chi connectivity index (χ0) is 22.4. The largest absolute Gasteiger partial charge is 0.507 e. The summed E-state index contributed by atoms with van der Waals surface area (Å²) in [6, 6.07) is 7.47. The van der Waals surface area contributed by atoms with Crippen LogP contribution in [0.25, 0.3) is 0 Å². The van der Waals surface area contributed by atoms with E-state index in [4.69, 9.17) is 9.47 Å². The molecule has 6 unspecified atom stereocenters. The fourth-order valence-electron chi connectivity index (χ4n) is 4.57. The van der Waals surface area contributed by atoms with Crippen LogP contribution in [-0.2, 0) is 16.1 Å². The predicted octanol–water partition coefficient (Wildman–Crippen LogP) is -0.237. The molecule has 0 saturated carbocycles. The fourth-order valence-corrected chi connectivity index (χ4v) is 4.57. The van der Waals surface area contributed by atoms with E-state index >= 15 is 0 Å². The average Bonchev–Trinajstić information content (AvgIpc) is 2.73. The lowest BCUT2D eigenvalue weighted by Crippen LogP contribution is -2.60. The highest BCUT2D eigenvalue weighted by molar-refractivity contribution is 6.16. The number of aromatic hydroxyl groups is 2. The molecular formula is C22H24O9. The fraction of sp³-hybridized carbons (Fsp3) is 0.409. The van der Waals surface area contributed by atoms with Gasteiger partial charge in [0.2, 0.25) is 5.78 Å². The van der Waals surface area contributed by atoms with Crippen molar-refractivity contribution in [2.45, 2.75) is 43.0 Å². The Hall–Kier alpha value is -2.53. The second-order valence-electron chi connectivity index (χ2n) is 7.85. The van der Waals surface area contributed by atoms with Crippen molar-refractivity contribution in [1.82, 2.24) is 0 Å². The number of carbonyl (C=O) groups is 1. The third-order valence-electron chi connectivity index (χ3n) is 5.98. The third-order valence-corrected chi connectivity index (χ3v) is 5.98. The van der Waals surface area contributed by atoms with Crippen LogP contribution in [0.4, 0.5) is 0 Å². The minimum absolute atomic E-state index is 0.0493. The van der Waals surface area contributed by atoms with Crippen molar-refractivity contribution in [1.29, 1.82) is 0 Å². The molecule has 1 heterocycles. The first kappa shape index (κ1) is 21.7. The van der Waals surface area contributed by atoms with Gasteiger partial charge in [0.05, 0.1) is 30.4 Å². The summed E-state index contributed by atoms with van der Waals surface area (Å²) in [5.41, 5.74) is 1.10. The maximum Gasteiger partial charge on any atom is 0.201 e. The van der Waals surface area contributed by atoms with Crippen molar-refractivity contribution < 1.29 is 44.9 Å². The standard InChI is InChI=1S/C22H24O9/c1-30-8-9-5-11-15(22-21(29)20(28)18(26)14(7-23)31-22)10-3-2-4-12(24)16(10)19(27)17(11)13(25)6-9/h2-6,14-15,18,20-26,28-29H,7-8H2,1H3. The quantitative estimate of drug-likeness (QED) is 0.384. The average molecular weight is 432 g/mol. The number of carbonyl (C=O) groups excluding carboxylic acids is 1. The van der Waals surface area contributed by atoms with Crippen molar-refractivity contribution in [3.8, 4) is 11.5 Å². The van der Waals surface area contributed by atoms with Gasteiger partial charge in [-0.05, 0) is 28.8 Å². The van der Waals surface area contributed by atoms with Gasteiger partial charge in [0.1, 0.15) is 35.9 Å². The highest BCUT2D eigenvalue weighted by atomic mass is 16.5. The predicted molar refractivity (Wildman–Crippen MR) is 106 cm³/mol. The lowest BCUT2D eigenvalue weighted by molar-refractivity contribution is -0.232. The summed E-state index contributed by atoms with van der Waals surface area (Å²) in [5.74, 6) is -2.12. The summed E-state index contributed by atoms with van der Waals surface area (Å²) in [6.45, 7) is -0.467. The lowest BCUT2D eigenvalue weighted by Gasteiger charge is -2.45. The summed E-state index contributed by atoms with van der Waals surface area (Å²) in [7, 11) is 1.48. The van der Waals surface area contributed by atoms with Crippen LogP contribution < -0.4 is 0 Å². The van der Waals surface area contributed by atoms with Gasteiger partial charge < -0.3 is 40.1 Å². The maximum absolute atomic E-state index is 13.2. The number of aliphatic hydroxyl groups is 4. The number of aliphatic hydroxyl groups excluding tert-OH is 4.